The van der Waals surface area contributed by atoms with E-state index in [0.29, 0.717) is 0 Å². The molecule has 7 heavy (non-hydrogen) atoms. The number of hydrogen-bond acceptors (Lipinski definition) is 3. The van der Waals surface area contributed by atoms with Crippen molar-refractivity contribution >= 4 is 23.5 Å². The van der Waals surface area contributed by atoms with Crippen molar-refractivity contribution < 1.29 is 1.37 Å². The molecule has 0 atom stereocenters. The highest BCUT2D eigenvalue weighted by molar-refractivity contribution is 8.14. The lowest BCUT2D eigenvalue weighted by atomic mass is 10.7. The van der Waals surface area contributed by atoms with Crippen LogP contribution in [0.25, 0.3) is 0 Å². The second-order valence-electron chi connectivity index (χ2n) is 0.902. The minimum atomic E-state index is 0.231. The average molecular weight is 113 g/mol. The van der Waals surface area contributed by atoms with Crippen LogP contribution >= 0.6 is 11.8 Å². The maximum absolute atomic E-state index is 6.96. The molecule has 0 aromatic heterocycles. The van der Waals surface area contributed by atoms with E-state index in [4.69, 9.17) is 1.37 Å². The van der Waals surface area contributed by atoms with E-state index >= 15 is 0 Å². The number of hydrogen-bond donors (Lipinski definition) is 0. The van der Waals surface area contributed by atoms with E-state index < -0.39 is 0 Å². The van der Waals surface area contributed by atoms with Crippen LogP contribution in [-0.2, 0) is 0 Å². The van der Waals surface area contributed by atoms with E-state index in [1.54, 1.807) is 17.7 Å². The summed E-state index contributed by atoms with van der Waals surface area (Å²) in [4.78, 5) is 0. The summed E-state index contributed by atoms with van der Waals surface area (Å²) >= 11 is 1.25. The summed E-state index contributed by atoms with van der Waals surface area (Å²) < 4.78 is 6.96. The molecular formula is C4H4N2S. The number of allylic oxidation sites excluding steroid dienone is 1. The smallest absolute Gasteiger partial charge is 0.0940 e. The predicted octanol–water partition coefficient (Wildman–Crippen LogP) is 1.26. The second kappa shape index (κ2) is 2.58. The molecular weight excluding hydrogens is 108 g/mol. The molecule has 1 heterocycles. The van der Waals surface area contributed by atoms with Gasteiger partial charge < -0.3 is 0 Å². The first-order chi connectivity index (χ1) is 3.89. The van der Waals surface area contributed by atoms with Gasteiger partial charge >= 0.3 is 0 Å². The summed E-state index contributed by atoms with van der Waals surface area (Å²) in [5, 5.41) is 8.76. The summed E-state index contributed by atoms with van der Waals surface area (Å²) in [5.41, 5.74) is 0.231. The fourth-order valence-electron chi connectivity index (χ4n) is 0.224. The van der Waals surface area contributed by atoms with Crippen LogP contribution in [0.4, 0.5) is 0 Å². The molecule has 0 bridgehead atoms. The highest BCUT2D eigenvalue weighted by Gasteiger charge is 1.72. The number of nitrogens with zero attached hydrogens (tertiary/aromatic N) is 2. The zero-order valence-electron chi connectivity index (χ0n) is 4.53. The first-order valence-corrected chi connectivity index (χ1v) is 2.67. The molecule has 0 aromatic carbocycles. The van der Waals surface area contributed by atoms with Crippen LogP contribution < -0.4 is 0 Å². The Kier molecular flexibility index (Phi) is 1.26. The maximum Gasteiger partial charge on any atom is 0.0940 e. The van der Waals surface area contributed by atoms with Crippen molar-refractivity contribution in [1.29, 1.82) is 0 Å². The fraction of sp³-hybridized carbons (Fsp3) is 0. The predicted molar refractivity (Wildman–Crippen MR) is 33.7 cm³/mol. The molecule has 0 radical (unpaired) electrons. The third-order valence-electron chi connectivity index (χ3n) is 0.451. The molecule has 0 unspecified atom stereocenters. The molecule has 0 saturated carbocycles. The van der Waals surface area contributed by atoms with Crippen LogP contribution in [0.1, 0.15) is 1.37 Å². The Balaban J connectivity index is 2.69. The van der Waals surface area contributed by atoms with Crippen molar-refractivity contribution in [3.05, 3.63) is 11.5 Å². The second-order valence-corrected chi connectivity index (χ2v) is 1.59. The van der Waals surface area contributed by atoms with Crippen molar-refractivity contribution in [3.63, 3.8) is 0 Å². The SMILES string of the molecule is [2H]C1=NN=CC=CS1. The van der Waals surface area contributed by atoms with Crippen LogP contribution in [0, 0.1) is 0 Å². The Bertz CT molecular complexity index is 161. The van der Waals surface area contributed by atoms with Crippen LogP contribution in [-0.4, -0.2) is 11.7 Å². The maximum atomic E-state index is 6.96. The lowest BCUT2D eigenvalue weighted by molar-refractivity contribution is 1.28. The third-order valence-corrected chi connectivity index (χ3v) is 0.931. The number of rotatable bonds is 0. The van der Waals surface area contributed by atoms with Gasteiger partial charge in [0.25, 0.3) is 0 Å². The third kappa shape index (κ3) is 1.55. The molecule has 0 saturated heterocycles. The lowest BCUT2D eigenvalue weighted by Crippen LogP contribution is -1.53. The monoisotopic (exact) mass is 113 g/mol. The van der Waals surface area contributed by atoms with Gasteiger partial charge in [-0.3, -0.25) is 0 Å². The van der Waals surface area contributed by atoms with E-state index in [2.05, 4.69) is 10.2 Å². The quantitative estimate of drug-likeness (QED) is 0.464. The van der Waals surface area contributed by atoms with Crippen LogP contribution in [0.2, 0.25) is 0 Å². The van der Waals surface area contributed by atoms with Gasteiger partial charge in [-0.2, -0.15) is 10.2 Å². The van der Waals surface area contributed by atoms with Crippen molar-refractivity contribution in [1.82, 2.24) is 0 Å². The Morgan fingerprint density at radius 2 is 2.57 bits per heavy atom. The van der Waals surface area contributed by atoms with Gasteiger partial charge in [0.1, 0.15) is 0 Å². The summed E-state index contributed by atoms with van der Waals surface area (Å²) in [6.45, 7) is 0. The fourth-order valence-corrected chi connectivity index (χ4v) is 0.528. The largest absolute Gasteiger partial charge is 0.159 e. The Labute approximate surface area is 47.4 Å². The van der Waals surface area contributed by atoms with Crippen molar-refractivity contribution in [2.24, 2.45) is 10.2 Å². The topological polar surface area (TPSA) is 24.7 Å². The molecule has 0 fully saturated rings. The molecule has 0 N–H and O–H groups in total. The van der Waals surface area contributed by atoms with E-state index in [-0.39, 0.29) is 5.52 Å². The zero-order valence-corrected chi connectivity index (χ0v) is 4.35. The normalized spacial score (nSPS) is 20.6. The van der Waals surface area contributed by atoms with Crippen LogP contribution in [0.15, 0.2) is 21.7 Å². The highest BCUT2D eigenvalue weighted by Crippen LogP contribution is 1.97. The zero-order chi connectivity index (χ0) is 5.82. The molecule has 0 aliphatic carbocycles. The lowest BCUT2D eigenvalue weighted by Gasteiger charge is -1.67. The number of thioether (sulfide) groups is 1. The van der Waals surface area contributed by atoms with Gasteiger partial charge in [-0.1, -0.05) is 11.8 Å². The Morgan fingerprint density at radius 1 is 1.57 bits per heavy atom. The van der Waals surface area contributed by atoms with E-state index in [1.165, 1.54) is 11.8 Å². The van der Waals surface area contributed by atoms with Gasteiger partial charge in [0, 0.05) is 0 Å². The molecule has 36 valence electrons. The van der Waals surface area contributed by atoms with Gasteiger partial charge in [0.05, 0.1) is 13.1 Å². The van der Waals surface area contributed by atoms with Crippen LogP contribution in [0.3, 0.4) is 0 Å². The van der Waals surface area contributed by atoms with Gasteiger partial charge in [-0.25, -0.2) is 0 Å². The molecule has 0 spiro atoms. The van der Waals surface area contributed by atoms with Gasteiger partial charge in [0.2, 0.25) is 0 Å². The van der Waals surface area contributed by atoms with E-state index in [9.17, 15) is 0 Å². The van der Waals surface area contributed by atoms with Gasteiger partial charge in [-0.15, -0.1) is 0 Å². The molecule has 1 rings (SSSR count). The molecule has 3 heteroatoms. The summed E-state index contributed by atoms with van der Waals surface area (Å²) in [5.74, 6) is 0. The standard InChI is InChI=1S/C4H4N2S/c1-2-5-6-4-7-3-1/h1-4H/i4D. The van der Waals surface area contributed by atoms with Gasteiger partial charge in [0.15, 0.2) is 0 Å². The molecule has 0 aromatic rings. The highest BCUT2D eigenvalue weighted by atomic mass is 32.2. The average Bonchev–Trinajstić information content (AvgIpc) is 1.94. The molecule has 1 aliphatic rings. The van der Waals surface area contributed by atoms with E-state index in [1.807, 2.05) is 0 Å². The van der Waals surface area contributed by atoms with Crippen molar-refractivity contribution in [2.45, 2.75) is 0 Å². The molecule has 0 amide bonds. The van der Waals surface area contributed by atoms with Crippen LogP contribution in [0.5, 0.6) is 0 Å². The first kappa shape index (κ1) is 3.43. The minimum absolute atomic E-state index is 0.231. The van der Waals surface area contributed by atoms with Crippen molar-refractivity contribution in [3.8, 4) is 0 Å². The Hall–Kier alpha value is -0.570. The first-order valence-electron chi connectivity index (χ1n) is 2.29. The summed E-state index contributed by atoms with van der Waals surface area (Å²) in [7, 11) is 0. The summed E-state index contributed by atoms with van der Waals surface area (Å²) in [6, 6.07) is 0. The van der Waals surface area contributed by atoms with Crippen molar-refractivity contribution in [2.75, 3.05) is 0 Å². The molecule has 2 nitrogen and oxygen atoms in total. The Morgan fingerprint density at radius 3 is 3.57 bits per heavy atom. The van der Waals surface area contributed by atoms with E-state index in [0.717, 1.165) is 0 Å². The summed E-state index contributed by atoms with van der Waals surface area (Å²) in [6.07, 6.45) is 3.30. The molecule has 1 aliphatic heterocycles. The minimum Gasteiger partial charge on any atom is -0.159 e. The van der Waals surface area contributed by atoms with Gasteiger partial charge in [-0.05, 0) is 11.5 Å².